The molecule has 0 fully saturated rings. The van der Waals surface area contributed by atoms with Gasteiger partial charge in [0, 0.05) is 25.2 Å². The molecule has 6 heteroatoms. The molecule has 0 saturated heterocycles. The van der Waals surface area contributed by atoms with Crippen LogP contribution in [0.15, 0.2) is 30.5 Å². The number of hydrogen-bond donors (Lipinski definition) is 2. The number of aliphatic hydroxyl groups is 2. The third-order valence-electron chi connectivity index (χ3n) is 2.73. The lowest BCUT2D eigenvalue weighted by molar-refractivity contribution is 0.0516. The Balaban J connectivity index is 2.21. The summed E-state index contributed by atoms with van der Waals surface area (Å²) < 4.78 is 0. The molecule has 2 aromatic rings. The normalized spacial score (nSPS) is 12.4. The maximum atomic E-state index is 12.1. The van der Waals surface area contributed by atoms with Crippen LogP contribution in [0, 0.1) is 0 Å². The van der Waals surface area contributed by atoms with Gasteiger partial charge in [-0.1, -0.05) is 0 Å². The van der Waals surface area contributed by atoms with Crippen LogP contribution < -0.4 is 0 Å². The van der Waals surface area contributed by atoms with Crippen LogP contribution >= 0.6 is 0 Å². The first kappa shape index (κ1) is 13.4. The maximum Gasteiger partial charge on any atom is 0.272 e. The number of nitrogens with zero attached hydrogens (tertiary/aromatic N) is 3. The third-order valence-corrected chi connectivity index (χ3v) is 2.73. The van der Waals surface area contributed by atoms with Crippen LogP contribution in [0.1, 0.15) is 10.5 Å². The van der Waals surface area contributed by atoms with E-state index in [-0.39, 0.29) is 24.8 Å². The highest BCUT2D eigenvalue weighted by Crippen LogP contribution is 2.10. The first-order valence-electron chi connectivity index (χ1n) is 5.88. The summed E-state index contributed by atoms with van der Waals surface area (Å²) in [5, 5.41) is 18.9. The van der Waals surface area contributed by atoms with Crippen molar-refractivity contribution in [3.63, 3.8) is 0 Å². The van der Waals surface area contributed by atoms with Crippen molar-refractivity contribution >= 4 is 16.9 Å². The monoisotopic (exact) mass is 261 g/mol. The molecule has 19 heavy (non-hydrogen) atoms. The molecule has 2 rings (SSSR count). The lowest BCUT2D eigenvalue weighted by Gasteiger charge is -2.19. The van der Waals surface area contributed by atoms with Crippen molar-refractivity contribution in [3.8, 4) is 0 Å². The molecule has 0 aliphatic rings. The van der Waals surface area contributed by atoms with Crippen molar-refractivity contribution in [2.24, 2.45) is 0 Å². The molecule has 2 N–H and O–H groups in total. The van der Waals surface area contributed by atoms with Crippen LogP contribution in [-0.4, -0.2) is 57.3 Å². The number of pyridine rings is 2. The lowest BCUT2D eigenvalue weighted by Crippen LogP contribution is -2.36. The minimum absolute atomic E-state index is 0.0528. The zero-order valence-corrected chi connectivity index (χ0v) is 10.5. The predicted octanol–water partition coefficient (Wildman–Crippen LogP) is 0.0550. The summed E-state index contributed by atoms with van der Waals surface area (Å²) in [6, 6.07) is 7.06. The maximum absolute atomic E-state index is 12.1. The molecule has 0 saturated carbocycles. The Kier molecular flexibility index (Phi) is 4.03. The molecule has 6 nitrogen and oxygen atoms in total. The molecule has 0 spiro atoms. The van der Waals surface area contributed by atoms with Crippen molar-refractivity contribution in [2.45, 2.75) is 6.10 Å². The van der Waals surface area contributed by atoms with Crippen molar-refractivity contribution < 1.29 is 15.0 Å². The standard InChI is InChI=1S/C13H15N3O3/c1-16(7-10(18)8-17)13(19)11-5-4-9-3-2-6-14-12(9)15-11/h2-6,10,17-18H,7-8H2,1H3. The van der Waals surface area contributed by atoms with Gasteiger partial charge in [-0.2, -0.15) is 0 Å². The number of likely N-dealkylation sites (N-methyl/N-ethyl adjacent to an activating group) is 1. The zero-order chi connectivity index (χ0) is 13.8. The molecule has 100 valence electrons. The highest BCUT2D eigenvalue weighted by atomic mass is 16.3. The van der Waals surface area contributed by atoms with Gasteiger partial charge in [0.15, 0.2) is 5.65 Å². The first-order valence-corrected chi connectivity index (χ1v) is 5.88. The number of aliphatic hydroxyl groups excluding tert-OH is 2. The topological polar surface area (TPSA) is 86.5 Å². The minimum Gasteiger partial charge on any atom is -0.394 e. The van der Waals surface area contributed by atoms with Crippen molar-refractivity contribution in [2.75, 3.05) is 20.2 Å². The van der Waals surface area contributed by atoms with Crippen molar-refractivity contribution in [3.05, 3.63) is 36.2 Å². The van der Waals surface area contributed by atoms with Crippen molar-refractivity contribution in [1.29, 1.82) is 0 Å². The number of carbonyl (C=O) groups is 1. The Morgan fingerprint density at radius 3 is 2.95 bits per heavy atom. The third kappa shape index (κ3) is 3.04. The summed E-state index contributed by atoms with van der Waals surface area (Å²) in [5.74, 6) is -0.319. The Hall–Kier alpha value is -2.05. The summed E-state index contributed by atoms with van der Waals surface area (Å²) in [4.78, 5) is 21.7. The molecule has 0 radical (unpaired) electrons. The Labute approximate surface area is 110 Å². The number of hydrogen-bond acceptors (Lipinski definition) is 5. The molecule has 1 atom stereocenters. The van der Waals surface area contributed by atoms with Gasteiger partial charge < -0.3 is 15.1 Å². The molecule has 2 heterocycles. The quantitative estimate of drug-likeness (QED) is 0.812. The van der Waals surface area contributed by atoms with E-state index in [1.54, 1.807) is 31.4 Å². The molecule has 0 aliphatic carbocycles. The number of carbonyl (C=O) groups excluding carboxylic acids is 1. The van der Waals surface area contributed by atoms with Crippen LogP contribution in [0.4, 0.5) is 0 Å². The van der Waals surface area contributed by atoms with Crippen LogP contribution in [0.5, 0.6) is 0 Å². The summed E-state index contributed by atoms with van der Waals surface area (Å²) >= 11 is 0. The summed E-state index contributed by atoms with van der Waals surface area (Å²) in [7, 11) is 1.55. The molecule has 0 bridgehead atoms. The Morgan fingerprint density at radius 1 is 1.42 bits per heavy atom. The zero-order valence-electron chi connectivity index (χ0n) is 10.5. The highest BCUT2D eigenvalue weighted by Gasteiger charge is 2.16. The fraction of sp³-hybridized carbons (Fsp3) is 0.308. The van der Waals surface area contributed by atoms with E-state index in [9.17, 15) is 9.90 Å². The van der Waals surface area contributed by atoms with E-state index in [2.05, 4.69) is 9.97 Å². The highest BCUT2D eigenvalue weighted by molar-refractivity contribution is 5.94. The number of amides is 1. The second kappa shape index (κ2) is 5.73. The summed E-state index contributed by atoms with van der Waals surface area (Å²) in [5.41, 5.74) is 0.767. The first-order chi connectivity index (χ1) is 9.11. The number of fused-ring (bicyclic) bond motifs is 1. The summed E-state index contributed by atoms with van der Waals surface area (Å²) in [6.45, 7) is -0.332. The molecule has 0 aromatic carbocycles. The van der Waals surface area contributed by atoms with Gasteiger partial charge in [0.25, 0.3) is 5.91 Å². The van der Waals surface area contributed by atoms with Crippen LogP contribution in [-0.2, 0) is 0 Å². The van der Waals surface area contributed by atoms with E-state index >= 15 is 0 Å². The fourth-order valence-corrected chi connectivity index (χ4v) is 1.72. The molecule has 2 aromatic heterocycles. The lowest BCUT2D eigenvalue weighted by atomic mass is 10.2. The smallest absolute Gasteiger partial charge is 0.272 e. The van der Waals surface area contributed by atoms with Gasteiger partial charge in [-0.3, -0.25) is 4.79 Å². The van der Waals surface area contributed by atoms with Crippen LogP contribution in [0.3, 0.4) is 0 Å². The number of rotatable bonds is 4. The number of aromatic nitrogens is 2. The molecule has 0 aliphatic heterocycles. The minimum atomic E-state index is -0.951. The largest absolute Gasteiger partial charge is 0.394 e. The second-order valence-electron chi connectivity index (χ2n) is 4.27. The van der Waals surface area contributed by atoms with E-state index in [0.29, 0.717) is 5.65 Å². The van der Waals surface area contributed by atoms with Crippen LogP contribution in [0.25, 0.3) is 11.0 Å². The van der Waals surface area contributed by atoms with Crippen molar-refractivity contribution in [1.82, 2.24) is 14.9 Å². The second-order valence-corrected chi connectivity index (χ2v) is 4.27. The summed E-state index contributed by atoms with van der Waals surface area (Å²) in [6.07, 6.45) is 0.663. The molecule has 1 amide bonds. The van der Waals surface area contributed by atoms with E-state index < -0.39 is 6.10 Å². The van der Waals surface area contributed by atoms with E-state index in [4.69, 9.17) is 5.11 Å². The molecular weight excluding hydrogens is 246 g/mol. The van der Waals surface area contributed by atoms with Gasteiger partial charge in [-0.25, -0.2) is 9.97 Å². The van der Waals surface area contributed by atoms with E-state index in [1.165, 1.54) is 4.90 Å². The fourth-order valence-electron chi connectivity index (χ4n) is 1.72. The predicted molar refractivity (Wildman–Crippen MR) is 69.6 cm³/mol. The molecule has 1 unspecified atom stereocenters. The van der Waals surface area contributed by atoms with Crippen LogP contribution in [0.2, 0.25) is 0 Å². The van der Waals surface area contributed by atoms with Gasteiger partial charge in [-0.15, -0.1) is 0 Å². The van der Waals surface area contributed by atoms with E-state index in [1.807, 2.05) is 6.07 Å². The van der Waals surface area contributed by atoms with Gasteiger partial charge in [0.05, 0.1) is 12.7 Å². The van der Waals surface area contributed by atoms with Gasteiger partial charge in [-0.05, 0) is 24.3 Å². The average Bonchev–Trinajstić information content (AvgIpc) is 2.45. The SMILES string of the molecule is CN(CC(O)CO)C(=O)c1ccc2cccnc2n1. The van der Waals surface area contributed by atoms with Gasteiger partial charge >= 0.3 is 0 Å². The van der Waals surface area contributed by atoms with Gasteiger partial charge in [0.1, 0.15) is 5.69 Å². The Morgan fingerprint density at radius 2 is 2.21 bits per heavy atom. The average molecular weight is 261 g/mol. The van der Waals surface area contributed by atoms with E-state index in [0.717, 1.165) is 5.39 Å². The Bertz CT molecular complexity index is 588. The molecular formula is C13H15N3O3. The van der Waals surface area contributed by atoms with Gasteiger partial charge in [0.2, 0.25) is 0 Å².